The number of piperidine rings is 1. The minimum absolute atomic E-state index is 0.0572. The number of hydrogen-bond donors (Lipinski definition) is 0. The average Bonchev–Trinajstić information content (AvgIpc) is 2.98. The van der Waals surface area contributed by atoms with Crippen LogP contribution in [0, 0.1) is 11.7 Å². The fraction of sp³-hybridized carbons (Fsp3) is 0.444. The summed E-state index contributed by atoms with van der Waals surface area (Å²) in [6, 6.07) is 6.17. The van der Waals surface area contributed by atoms with E-state index in [0.29, 0.717) is 17.9 Å². The highest BCUT2D eigenvalue weighted by Crippen LogP contribution is 2.21. The maximum Gasteiger partial charge on any atom is 0.257 e. The van der Waals surface area contributed by atoms with Gasteiger partial charge in [-0.15, -0.1) is 0 Å². The predicted octanol–water partition coefficient (Wildman–Crippen LogP) is 3.45. The summed E-state index contributed by atoms with van der Waals surface area (Å²) < 4.78 is 14.8. The first-order valence-electron chi connectivity index (χ1n) is 8.22. The van der Waals surface area contributed by atoms with E-state index in [4.69, 9.17) is 0 Å². The number of halogens is 1. The molecule has 0 radical (unpaired) electrons. The van der Waals surface area contributed by atoms with Gasteiger partial charge in [0.15, 0.2) is 0 Å². The van der Waals surface area contributed by atoms with Crippen LogP contribution in [0.1, 0.15) is 42.7 Å². The molecule has 1 aromatic carbocycles. The standard InChI is InChI=1S/C18H22FN3O/c1-3-17-16(18(23)21-10-4-5-13(2)12-21)11-20-22(17)15-8-6-14(19)7-9-15/h6-9,11,13H,3-5,10,12H2,1-2H3. The second-order valence-corrected chi connectivity index (χ2v) is 6.25. The first-order valence-corrected chi connectivity index (χ1v) is 8.22. The summed E-state index contributed by atoms with van der Waals surface area (Å²) in [5.41, 5.74) is 2.31. The van der Waals surface area contributed by atoms with Crippen LogP contribution in [0.25, 0.3) is 5.69 Å². The van der Waals surface area contributed by atoms with Crippen molar-refractivity contribution in [3.05, 3.63) is 47.5 Å². The summed E-state index contributed by atoms with van der Waals surface area (Å²) in [5.74, 6) is 0.323. The van der Waals surface area contributed by atoms with Gasteiger partial charge in [-0.3, -0.25) is 4.79 Å². The fourth-order valence-corrected chi connectivity index (χ4v) is 3.24. The lowest BCUT2D eigenvalue weighted by Gasteiger charge is -2.30. The number of benzene rings is 1. The number of hydrogen-bond acceptors (Lipinski definition) is 2. The molecule has 1 unspecified atom stereocenters. The Bertz CT molecular complexity index is 693. The van der Waals surface area contributed by atoms with E-state index < -0.39 is 0 Å². The van der Waals surface area contributed by atoms with Gasteiger partial charge in [0.1, 0.15) is 5.82 Å². The van der Waals surface area contributed by atoms with E-state index in [1.807, 2.05) is 11.8 Å². The number of nitrogens with zero attached hydrogens (tertiary/aromatic N) is 3. The Labute approximate surface area is 135 Å². The summed E-state index contributed by atoms with van der Waals surface area (Å²) in [5, 5.41) is 4.37. The normalized spacial score (nSPS) is 18.2. The lowest BCUT2D eigenvalue weighted by molar-refractivity contribution is 0.0682. The molecule has 122 valence electrons. The molecule has 1 amide bonds. The van der Waals surface area contributed by atoms with Gasteiger partial charge < -0.3 is 4.90 Å². The maximum absolute atomic E-state index is 13.1. The van der Waals surface area contributed by atoms with Gasteiger partial charge in [-0.2, -0.15) is 5.10 Å². The third-order valence-corrected chi connectivity index (χ3v) is 4.45. The molecule has 23 heavy (non-hydrogen) atoms. The Morgan fingerprint density at radius 1 is 1.35 bits per heavy atom. The Kier molecular flexibility index (Phi) is 4.46. The monoisotopic (exact) mass is 315 g/mol. The van der Waals surface area contributed by atoms with E-state index in [0.717, 1.165) is 30.9 Å². The molecule has 1 aliphatic heterocycles. The van der Waals surface area contributed by atoms with Crippen LogP contribution < -0.4 is 0 Å². The van der Waals surface area contributed by atoms with Crippen molar-refractivity contribution in [2.45, 2.75) is 33.1 Å². The van der Waals surface area contributed by atoms with Crippen molar-refractivity contribution in [1.82, 2.24) is 14.7 Å². The molecular formula is C18H22FN3O. The molecule has 3 rings (SSSR count). The maximum atomic E-state index is 13.1. The molecule has 2 aromatic rings. The largest absolute Gasteiger partial charge is 0.338 e. The van der Waals surface area contributed by atoms with Crippen LogP contribution in [0.2, 0.25) is 0 Å². The molecule has 1 aromatic heterocycles. The molecule has 5 heteroatoms. The molecule has 1 atom stereocenters. The highest BCUT2D eigenvalue weighted by Gasteiger charge is 2.25. The van der Waals surface area contributed by atoms with E-state index in [9.17, 15) is 9.18 Å². The zero-order chi connectivity index (χ0) is 16.4. The van der Waals surface area contributed by atoms with Crippen molar-refractivity contribution >= 4 is 5.91 Å². The third-order valence-electron chi connectivity index (χ3n) is 4.45. The van der Waals surface area contributed by atoms with Crippen LogP contribution >= 0.6 is 0 Å². The second kappa shape index (κ2) is 6.52. The quantitative estimate of drug-likeness (QED) is 0.870. The molecule has 0 N–H and O–H groups in total. The molecule has 0 saturated carbocycles. The van der Waals surface area contributed by atoms with E-state index in [1.54, 1.807) is 23.0 Å². The molecule has 0 spiro atoms. The van der Waals surface area contributed by atoms with Crippen LogP contribution in [0.3, 0.4) is 0 Å². The van der Waals surface area contributed by atoms with Gasteiger partial charge in [0.2, 0.25) is 0 Å². The SMILES string of the molecule is CCc1c(C(=O)N2CCCC(C)C2)cnn1-c1ccc(F)cc1. The van der Waals surface area contributed by atoms with E-state index in [1.165, 1.54) is 18.6 Å². The number of carbonyl (C=O) groups excluding carboxylic acids is 1. The Balaban J connectivity index is 1.91. The number of aromatic nitrogens is 2. The van der Waals surface area contributed by atoms with Gasteiger partial charge in [0, 0.05) is 13.1 Å². The topological polar surface area (TPSA) is 38.1 Å². The van der Waals surface area contributed by atoms with Gasteiger partial charge in [-0.1, -0.05) is 13.8 Å². The van der Waals surface area contributed by atoms with Crippen molar-refractivity contribution in [3.8, 4) is 5.69 Å². The first-order chi connectivity index (χ1) is 11.1. The highest BCUT2D eigenvalue weighted by atomic mass is 19.1. The molecule has 1 saturated heterocycles. The molecule has 1 fully saturated rings. The Morgan fingerprint density at radius 3 is 2.74 bits per heavy atom. The summed E-state index contributed by atoms with van der Waals surface area (Å²) in [6.07, 6.45) is 4.57. The van der Waals surface area contributed by atoms with E-state index in [-0.39, 0.29) is 11.7 Å². The average molecular weight is 315 g/mol. The molecule has 2 heterocycles. The van der Waals surface area contributed by atoms with Crippen molar-refractivity contribution in [2.24, 2.45) is 5.92 Å². The van der Waals surface area contributed by atoms with Crippen molar-refractivity contribution in [3.63, 3.8) is 0 Å². The summed E-state index contributed by atoms with van der Waals surface area (Å²) in [6.45, 7) is 5.81. The highest BCUT2D eigenvalue weighted by molar-refractivity contribution is 5.95. The summed E-state index contributed by atoms with van der Waals surface area (Å²) in [4.78, 5) is 14.8. The minimum atomic E-state index is -0.280. The van der Waals surface area contributed by atoms with Gasteiger partial charge in [-0.05, 0) is 49.4 Å². The molecule has 0 aliphatic carbocycles. The lowest BCUT2D eigenvalue weighted by atomic mass is 9.99. The van der Waals surface area contributed by atoms with Crippen LogP contribution in [-0.4, -0.2) is 33.7 Å². The zero-order valence-electron chi connectivity index (χ0n) is 13.6. The van der Waals surface area contributed by atoms with E-state index in [2.05, 4.69) is 12.0 Å². The smallest absolute Gasteiger partial charge is 0.257 e. The van der Waals surface area contributed by atoms with Gasteiger partial charge in [0.25, 0.3) is 5.91 Å². The van der Waals surface area contributed by atoms with Gasteiger partial charge in [-0.25, -0.2) is 9.07 Å². The summed E-state index contributed by atoms with van der Waals surface area (Å²) >= 11 is 0. The number of amides is 1. The number of carbonyl (C=O) groups is 1. The number of likely N-dealkylation sites (tertiary alicyclic amines) is 1. The minimum Gasteiger partial charge on any atom is -0.338 e. The first kappa shape index (κ1) is 15.7. The zero-order valence-corrected chi connectivity index (χ0v) is 13.6. The van der Waals surface area contributed by atoms with Gasteiger partial charge >= 0.3 is 0 Å². The molecular weight excluding hydrogens is 293 g/mol. The van der Waals surface area contributed by atoms with E-state index >= 15 is 0 Å². The summed E-state index contributed by atoms with van der Waals surface area (Å²) in [7, 11) is 0. The lowest BCUT2D eigenvalue weighted by Crippen LogP contribution is -2.39. The van der Waals surface area contributed by atoms with Crippen LogP contribution in [0.15, 0.2) is 30.5 Å². The number of rotatable bonds is 3. The van der Waals surface area contributed by atoms with Crippen LogP contribution in [-0.2, 0) is 6.42 Å². The fourth-order valence-electron chi connectivity index (χ4n) is 3.24. The van der Waals surface area contributed by atoms with Crippen molar-refractivity contribution < 1.29 is 9.18 Å². The molecule has 0 bridgehead atoms. The van der Waals surface area contributed by atoms with Gasteiger partial charge in [0.05, 0.1) is 23.1 Å². The third kappa shape index (κ3) is 3.14. The van der Waals surface area contributed by atoms with Crippen LogP contribution in [0.4, 0.5) is 4.39 Å². The van der Waals surface area contributed by atoms with Crippen molar-refractivity contribution in [1.29, 1.82) is 0 Å². The predicted molar refractivity (Wildman–Crippen MR) is 87.2 cm³/mol. The van der Waals surface area contributed by atoms with Crippen LogP contribution in [0.5, 0.6) is 0 Å². The molecule has 1 aliphatic rings. The Morgan fingerprint density at radius 2 is 2.09 bits per heavy atom. The Hall–Kier alpha value is -2.17. The molecule has 4 nitrogen and oxygen atoms in total. The van der Waals surface area contributed by atoms with Crippen molar-refractivity contribution in [2.75, 3.05) is 13.1 Å². The second-order valence-electron chi connectivity index (χ2n) is 6.25.